The molecule has 10 heteroatoms. The van der Waals surface area contributed by atoms with Crippen LogP contribution in [0, 0.1) is 11.8 Å². The summed E-state index contributed by atoms with van der Waals surface area (Å²) in [4.78, 5) is 17.1. The highest BCUT2D eigenvalue weighted by atomic mass is 32.2. The van der Waals surface area contributed by atoms with Gasteiger partial charge in [0.2, 0.25) is 10.0 Å². The Labute approximate surface area is 145 Å². The molecule has 1 saturated heterocycles. The highest BCUT2D eigenvalue weighted by Gasteiger charge is 2.32. The van der Waals surface area contributed by atoms with Gasteiger partial charge in [0.1, 0.15) is 11.0 Å². The molecule has 0 radical (unpaired) electrons. The van der Waals surface area contributed by atoms with Gasteiger partial charge in [0.25, 0.3) is 5.91 Å². The van der Waals surface area contributed by atoms with Crippen LogP contribution in [0.2, 0.25) is 0 Å². The number of amides is 1. The molecule has 25 heavy (non-hydrogen) atoms. The molecule has 2 heterocycles. The molecule has 1 aliphatic rings. The molecule has 2 atom stereocenters. The number of carbonyl (C=O) groups excluding carboxylic acids is 1. The van der Waals surface area contributed by atoms with Crippen LogP contribution in [0.4, 0.5) is 0 Å². The zero-order chi connectivity index (χ0) is 18.2. The molecule has 1 aromatic heterocycles. The number of nitrogens with two attached hydrogens (primary N) is 1. The van der Waals surface area contributed by atoms with Crippen molar-refractivity contribution in [1.29, 1.82) is 0 Å². The Morgan fingerprint density at radius 1 is 1.32 bits per heavy atom. The van der Waals surface area contributed by atoms with Gasteiger partial charge >= 0.3 is 0 Å². The summed E-state index contributed by atoms with van der Waals surface area (Å²) in [5.41, 5.74) is 5.87. The van der Waals surface area contributed by atoms with E-state index in [4.69, 9.17) is 10.6 Å². The van der Waals surface area contributed by atoms with Crippen LogP contribution in [-0.4, -0.2) is 53.5 Å². The number of nitrogens with zero attached hydrogens (tertiary/aromatic N) is 4. The fourth-order valence-electron chi connectivity index (χ4n) is 3.21. The summed E-state index contributed by atoms with van der Waals surface area (Å²) >= 11 is 0. The fourth-order valence-corrected chi connectivity index (χ4v) is 4.91. The maximum absolute atomic E-state index is 13.0. The van der Waals surface area contributed by atoms with Crippen molar-refractivity contribution >= 4 is 27.0 Å². The zero-order valence-electron chi connectivity index (χ0n) is 14.1. The average Bonchev–Trinajstić information content (AvgIpc) is 2.94. The molecule has 1 amide bonds. The van der Waals surface area contributed by atoms with E-state index in [9.17, 15) is 13.2 Å². The van der Waals surface area contributed by atoms with Crippen LogP contribution in [0.15, 0.2) is 23.1 Å². The van der Waals surface area contributed by atoms with Crippen molar-refractivity contribution in [2.75, 3.05) is 19.7 Å². The van der Waals surface area contributed by atoms with E-state index in [1.807, 2.05) is 0 Å². The maximum Gasteiger partial charge on any atom is 0.258 e. The Balaban J connectivity index is 1.94. The number of fused-ring (bicyclic) bond motifs is 1. The Kier molecular flexibility index (Phi) is 4.65. The molecule has 2 N–H and O–H groups in total. The zero-order valence-corrected chi connectivity index (χ0v) is 14.9. The van der Waals surface area contributed by atoms with E-state index in [1.54, 1.807) is 6.07 Å². The first-order valence-electron chi connectivity index (χ1n) is 8.04. The summed E-state index contributed by atoms with van der Waals surface area (Å²) in [6.45, 7) is 4.73. The molecule has 3 rings (SSSR count). The van der Waals surface area contributed by atoms with Crippen LogP contribution >= 0.6 is 0 Å². The Bertz CT molecular complexity index is 884. The van der Waals surface area contributed by atoms with Gasteiger partial charge in [-0.05, 0) is 41.7 Å². The number of hydrogen-bond donors (Lipinski definition) is 1. The smallest absolute Gasteiger partial charge is 0.258 e. The molecule has 1 aromatic carbocycles. The normalized spacial score (nSPS) is 22.2. The van der Waals surface area contributed by atoms with E-state index in [0.29, 0.717) is 36.0 Å². The predicted octanol–water partition coefficient (Wildman–Crippen LogP) is 0.0118. The van der Waals surface area contributed by atoms with Crippen molar-refractivity contribution in [3.05, 3.63) is 18.2 Å². The first-order valence-corrected chi connectivity index (χ1v) is 9.48. The van der Waals surface area contributed by atoms with E-state index in [-0.39, 0.29) is 11.5 Å². The number of benzene rings is 1. The molecule has 2 aromatic rings. The molecule has 0 spiro atoms. The summed E-state index contributed by atoms with van der Waals surface area (Å²) < 4.78 is 27.5. The van der Waals surface area contributed by atoms with Crippen LogP contribution in [0.1, 0.15) is 20.3 Å². The van der Waals surface area contributed by atoms with Crippen molar-refractivity contribution in [2.45, 2.75) is 25.2 Å². The van der Waals surface area contributed by atoms with Crippen molar-refractivity contribution in [3.8, 4) is 0 Å². The van der Waals surface area contributed by atoms with Crippen LogP contribution in [-0.2, 0) is 14.8 Å². The molecular formula is C15H21N5O4S. The second kappa shape index (κ2) is 6.60. The number of sulfonamides is 1. The van der Waals surface area contributed by atoms with Crippen molar-refractivity contribution in [2.24, 2.45) is 17.6 Å². The van der Waals surface area contributed by atoms with E-state index in [0.717, 1.165) is 11.3 Å². The molecule has 1 fully saturated rings. The van der Waals surface area contributed by atoms with Gasteiger partial charge in [0, 0.05) is 13.1 Å². The predicted molar refractivity (Wildman–Crippen MR) is 89.9 cm³/mol. The van der Waals surface area contributed by atoms with Crippen LogP contribution < -0.4 is 10.6 Å². The highest BCUT2D eigenvalue weighted by molar-refractivity contribution is 7.89. The minimum absolute atomic E-state index is 0.146. The van der Waals surface area contributed by atoms with Crippen molar-refractivity contribution in [1.82, 2.24) is 19.5 Å². The number of rotatable bonds is 5. The standard InChI is InChI=1S/C15H21N5O4S/c1-10-5-11(2)8-19(7-10)25(22,23)12-3-4-13-14(6-12)20(18-17-13)24-9-15(16)21/h3-4,6,10-11H,5,7-9H2,1-2H3,(H2,16,21). The number of carbonyl (C=O) groups is 1. The summed E-state index contributed by atoms with van der Waals surface area (Å²) in [6, 6.07) is 4.53. The van der Waals surface area contributed by atoms with Gasteiger partial charge in [-0.15, -0.1) is 5.10 Å². The third-order valence-corrected chi connectivity index (χ3v) is 6.02. The molecule has 0 aliphatic carbocycles. The Morgan fingerprint density at radius 3 is 2.64 bits per heavy atom. The molecule has 136 valence electrons. The summed E-state index contributed by atoms with van der Waals surface area (Å²) in [5.74, 6) is -0.0366. The Morgan fingerprint density at radius 2 is 2.00 bits per heavy atom. The molecule has 0 bridgehead atoms. The van der Waals surface area contributed by atoms with Gasteiger partial charge in [-0.3, -0.25) is 4.79 Å². The first-order chi connectivity index (χ1) is 11.8. The lowest BCUT2D eigenvalue weighted by atomic mass is 9.94. The SMILES string of the molecule is CC1CC(C)CN(S(=O)(=O)c2ccc3nnn(OCC(N)=O)c3c2)C1. The lowest BCUT2D eigenvalue weighted by molar-refractivity contribution is -0.123. The number of hydrogen-bond acceptors (Lipinski definition) is 6. The van der Waals surface area contributed by atoms with Gasteiger partial charge in [-0.2, -0.15) is 4.31 Å². The third kappa shape index (κ3) is 3.59. The quantitative estimate of drug-likeness (QED) is 0.795. The summed E-state index contributed by atoms with van der Waals surface area (Å²) in [5, 5.41) is 7.64. The molecule has 2 unspecified atom stereocenters. The van der Waals surface area contributed by atoms with E-state index < -0.39 is 15.9 Å². The maximum atomic E-state index is 13.0. The minimum atomic E-state index is -3.63. The highest BCUT2D eigenvalue weighted by Crippen LogP contribution is 2.27. The third-order valence-electron chi connectivity index (χ3n) is 4.19. The first kappa shape index (κ1) is 17.6. The van der Waals surface area contributed by atoms with Crippen molar-refractivity contribution < 1.29 is 18.0 Å². The Hall–Kier alpha value is -2.20. The van der Waals surface area contributed by atoms with Crippen LogP contribution in [0.3, 0.4) is 0 Å². The molecule has 0 saturated carbocycles. The number of piperidine rings is 1. The summed E-state index contributed by atoms with van der Waals surface area (Å²) in [6.07, 6.45) is 1.02. The molecule has 1 aliphatic heterocycles. The van der Waals surface area contributed by atoms with Gasteiger partial charge in [0.15, 0.2) is 6.61 Å². The largest absolute Gasteiger partial charge is 0.385 e. The fraction of sp³-hybridized carbons (Fsp3) is 0.533. The lowest BCUT2D eigenvalue weighted by Crippen LogP contribution is -2.42. The topological polar surface area (TPSA) is 120 Å². The van der Waals surface area contributed by atoms with Gasteiger partial charge < -0.3 is 10.6 Å². The van der Waals surface area contributed by atoms with E-state index >= 15 is 0 Å². The van der Waals surface area contributed by atoms with Crippen LogP contribution in [0.5, 0.6) is 0 Å². The molecular weight excluding hydrogens is 346 g/mol. The van der Waals surface area contributed by atoms with Gasteiger partial charge in [0.05, 0.1) is 4.90 Å². The van der Waals surface area contributed by atoms with Gasteiger partial charge in [-0.25, -0.2) is 8.42 Å². The number of primary amides is 1. The second-order valence-corrected chi connectivity index (χ2v) is 8.56. The van der Waals surface area contributed by atoms with E-state index in [2.05, 4.69) is 24.2 Å². The van der Waals surface area contributed by atoms with Gasteiger partial charge in [-0.1, -0.05) is 18.7 Å². The van der Waals surface area contributed by atoms with E-state index in [1.165, 1.54) is 16.4 Å². The minimum Gasteiger partial charge on any atom is -0.385 e. The average molecular weight is 367 g/mol. The monoisotopic (exact) mass is 367 g/mol. The second-order valence-electron chi connectivity index (χ2n) is 6.62. The lowest BCUT2D eigenvalue weighted by Gasteiger charge is -2.34. The van der Waals surface area contributed by atoms with Crippen LogP contribution in [0.25, 0.3) is 11.0 Å². The number of aromatic nitrogens is 3. The van der Waals surface area contributed by atoms with Crippen molar-refractivity contribution in [3.63, 3.8) is 0 Å². The molecule has 9 nitrogen and oxygen atoms in total. The summed E-state index contributed by atoms with van der Waals surface area (Å²) in [7, 11) is -3.63.